The second-order valence-electron chi connectivity index (χ2n) is 3.97. The summed E-state index contributed by atoms with van der Waals surface area (Å²) in [5, 5.41) is 3.33. The van der Waals surface area contributed by atoms with Gasteiger partial charge in [0.25, 0.3) is 0 Å². The summed E-state index contributed by atoms with van der Waals surface area (Å²) in [6, 6.07) is 5.82. The highest BCUT2D eigenvalue weighted by atomic mass is 16.5. The lowest BCUT2D eigenvalue weighted by molar-refractivity contribution is 0.342. The number of ether oxygens (including phenoxy) is 1. The van der Waals surface area contributed by atoms with E-state index in [4.69, 9.17) is 10.5 Å². The highest BCUT2D eigenvalue weighted by Crippen LogP contribution is 2.28. The van der Waals surface area contributed by atoms with Crippen LogP contribution in [0.15, 0.2) is 18.2 Å². The van der Waals surface area contributed by atoms with Gasteiger partial charge in [-0.1, -0.05) is 13.0 Å². The standard InChI is InChI=1S/C13H23N3O/c1-4-16(3)10-9-15-11-7-6-8-12(13(11)14)17-5-2/h6-8,15H,4-5,9-10,14H2,1-3H3. The highest BCUT2D eigenvalue weighted by molar-refractivity contribution is 5.72. The maximum Gasteiger partial charge on any atom is 0.144 e. The van der Waals surface area contributed by atoms with Gasteiger partial charge in [0.2, 0.25) is 0 Å². The number of nitrogens with zero attached hydrogens (tertiary/aromatic N) is 1. The minimum Gasteiger partial charge on any atom is -0.492 e. The van der Waals surface area contributed by atoms with Gasteiger partial charge in [-0.15, -0.1) is 0 Å². The van der Waals surface area contributed by atoms with Crippen molar-refractivity contribution in [3.8, 4) is 5.75 Å². The fraction of sp³-hybridized carbons (Fsp3) is 0.538. The number of nitrogen functional groups attached to an aromatic ring is 1. The van der Waals surface area contributed by atoms with Gasteiger partial charge in [0.1, 0.15) is 5.75 Å². The first kappa shape index (κ1) is 13.6. The SMILES string of the molecule is CCOc1cccc(NCCN(C)CC)c1N. The van der Waals surface area contributed by atoms with Crippen molar-refractivity contribution in [1.29, 1.82) is 0 Å². The molecule has 1 rings (SSSR count). The molecule has 1 aromatic carbocycles. The molecule has 0 saturated heterocycles. The van der Waals surface area contributed by atoms with Gasteiger partial charge in [-0.25, -0.2) is 0 Å². The number of nitrogens with one attached hydrogen (secondary N) is 1. The van der Waals surface area contributed by atoms with Crippen LogP contribution in [0.3, 0.4) is 0 Å². The first-order valence-corrected chi connectivity index (χ1v) is 6.12. The van der Waals surface area contributed by atoms with Crippen molar-refractivity contribution in [3.63, 3.8) is 0 Å². The molecule has 3 N–H and O–H groups in total. The zero-order valence-electron chi connectivity index (χ0n) is 11.0. The number of benzene rings is 1. The molecule has 0 spiro atoms. The molecule has 96 valence electrons. The van der Waals surface area contributed by atoms with E-state index in [1.165, 1.54) is 0 Å². The number of likely N-dealkylation sites (N-methyl/N-ethyl adjacent to an activating group) is 1. The first-order chi connectivity index (χ1) is 8.19. The minimum absolute atomic E-state index is 0.631. The molecule has 0 aromatic heterocycles. The molecule has 0 atom stereocenters. The average molecular weight is 237 g/mol. The van der Waals surface area contributed by atoms with Crippen LogP contribution in [-0.2, 0) is 0 Å². The number of rotatable bonds is 7. The van der Waals surface area contributed by atoms with E-state index in [-0.39, 0.29) is 0 Å². The molecule has 0 fully saturated rings. The molecule has 17 heavy (non-hydrogen) atoms. The Bertz CT molecular complexity index is 341. The Morgan fingerprint density at radius 3 is 2.76 bits per heavy atom. The van der Waals surface area contributed by atoms with E-state index in [2.05, 4.69) is 24.2 Å². The van der Waals surface area contributed by atoms with Crippen LogP contribution in [0.2, 0.25) is 0 Å². The summed E-state index contributed by atoms with van der Waals surface area (Å²) in [4.78, 5) is 2.25. The number of para-hydroxylation sites is 1. The summed E-state index contributed by atoms with van der Waals surface area (Å²) >= 11 is 0. The summed E-state index contributed by atoms with van der Waals surface area (Å²) < 4.78 is 5.45. The summed E-state index contributed by atoms with van der Waals surface area (Å²) in [7, 11) is 2.10. The highest BCUT2D eigenvalue weighted by Gasteiger charge is 2.05. The van der Waals surface area contributed by atoms with Crippen molar-refractivity contribution in [2.24, 2.45) is 0 Å². The van der Waals surface area contributed by atoms with Gasteiger partial charge in [0, 0.05) is 13.1 Å². The topological polar surface area (TPSA) is 50.5 Å². The number of anilines is 2. The zero-order valence-corrected chi connectivity index (χ0v) is 11.0. The van der Waals surface area contributed by atoms with E-state index in [1.807, 2.05) is 25.1 Å². The lowest BCUT2D eigenvalue weighted by Crippen LogP contribution is -2.24. The van der Waals surface area contributed by atoms with E-state index in [0.29, 0.717) is 12.3 Å². The summed E-state index contributed by atoms with van der Waals surface area (Å²) in [6.45, 7) is 7.65. The van der Waals surface area contributed by atoms with Crippen LogP contribution in [0.1, 0.15) is 13.8 Å². The number of hydrogen-bond acceptors (Lipinski definition) is 4. The monoisotopic (exact) mass is 237 g/mol. The van der Waals surface area contributed by atoms with Crippen molar-refractivity contribution >= 4 is 11.4 Å². The number of hydrogen-bond donors (Lipinski definition) is 2. The van der Waals surface area contributed by atoms with E-state index < -0.39 is 0 Å². The molecule has 0 saturated carbocycles. The van der Waals surface area contributed by atoms with E-state index in [9.17, 15) is 0 Å². The van der Waals surface area contributed by atoms with Crippen molar-refractivity contribution in [3.05, 3.63) is 18.2 Å². The molecule has 0 amide bonds. The Kier molecular flexibility index (Phi) is 5.63. The van der Waals surface area contributed by atoms with Gasteiger partial charge < -0.3 is 20.7 Å². The molecule has 0 aliphatic carbocycles. The third-order valence-corrected chi connectivity index (χ3v) is 2.71. The van der Waals surface area contributed by atoms with Crippen LogP contribution in [0.4, 0.5) is 11.4 Å². The minimum atomic E-state index is 0.631. The van der Waals surface area contributed by atoms with Crippen molar-refractivity contribution in [2.75, 3.05) is 44.3 Å². The average Bonchev–Trinajstić information content (AvgIpc) is 2.33. The van der Waals surface area contributed by atoms with E-state index in [1.54, 1.807) is 0 Å². The van der Waals surface area contributed by atoms with Crippen LogP contribution >= 0.6 is 0 Å². The van der Waals surface area contributed by atoms with Crippen LogP contribution in [-0.4, -0.2) is 38.2 Å². The predicted molar refractivity (Wildman–Crippen MR) is 73.7 cm³/mol. The van der Waals surface area contributed by atoms with Crippen molar-refractivity contribution < 1.29 is 4.74 Å². The smallest absolute Gasteiger partial charge is 0.144 e. The molecular weight excluding hydrogens is 214 g/mol. The molecule has 1 aromatic rings. The summed E-state index contributed by atoms with van der Waals surface area (Å²) in [5.41, 5.74) is 7.65. The molecule has 0 heterocycles. The molecule has 0 radical (unpaired) electrons. The largest absolute Gasteiger partial charge is 0.492 e. The molecule has 4 nitrogen and oxygen atoms in total. The van der Waals surface area contributed by atoms with E-state index in [0.717, 1.165) is 31.1 Å². The molecule has 0 aliphatic rings. The van der Waals surface area contributed by atoms with Gasteiger partial charge in [-0.3, -0.25) is 0 Å². The second kappa shape index (κ2) is 7.01. The molecular formula is C13H23N3O. The van der Waals surface area contributed by atoms with Gasteiger partial charge in [0.05, 0.1) is 18.0 Å². The normalized spacial score (nSPS) is 10.6. The Hall–Kier alpha value is -1.42. The Labute approximate surface area is 104 Å². The summed E-state index contributed by atoms with van der Waals surface area (Å²) in [5.74, 6) is 0.751. The third kappa shape index (κ3) is 4.15. The van der Waals surface area contributed by atoms with E-state index >= 15 is 0 Å². The summed E-state index contributed by atoms with van der Waals surface area (Å²) in [6.07, 6.45) is 0. The Morgan fingerprint density at radius 2 is 2.12 bits per heavy atom. The first-order valence-electron chi connectivity index (χ1n) is 6.12. The predicted octanol–water partition coefficient (Wildman–Crippen LogP) is 2.03. The molecule has 0 unspecified atom stereocenters. The van der Waals surface area contributed by atoms with Crippen LogP contribution in [0, 0.1) is 0 Å². The Balaban J connectivity index is 2.56. The fourth-order valence-corrected chi connectivity index (χ4v) is 1.52. The van der Waals surface area contributed by atoms with Gasteiger partial charge in [0.15, 0.2) is 0 Å². The number of nitrogens with two attached hydrogens (primary N) is 1. The second-order valence-corrected chi connectivity index (χ2v) is 3.97. The lowest BCUT2D eigenvalue weighted by Gasteiger charge is -2.16. The third-order valence-electron chi connectivity index (χ3n) is 2.71. The van der Waals surface area contributed by atoms with Crippen LogP contribution in [0.25, 0.3) is 0 Å². The fourth-order valence-electron chi connectivity index (χ4n) is 1.52. The maximum atomic E-state index is 6.02. The molecule has 4 heteroatoms. The van der Waals surface area contributed by atoms with Gasteiger partial charge in [-0.05, 0) is 32.6 Å². The molecule has 0 bridgehead atoms. The lowest BCUT2D eigenvalue weighted by atomic mass is 10.2. The zero-order chi connectivity index (χ0) is 12.7. The Morgan fingerprint density at radius 1 is 1.35 bits per heavy atom. The maximum absolute atomic E-state index is 6.02. The van der Waals surface area contributed by atoms with Crippen LogP contribution < -0.4 is 15.8 Å². The van der Waals surface area contributed by atoms with Crippen molar-refractivity contribution in [1.82, 2.24) is 4.90 Å². The van der Waals surface area contributed by atoms with Crippen molar-refractivity contribution in [2.45, 2.75) is 13.8 Å². The molecule has 0 aliphatic heterocycles. The van der Waals surface area contributed by atoms with Crippen LogP contribution in [0.5, 0.6) is 5.75 Å². The van der Waals surface area contributed by atoms with Gasteiger partial charge in [-0.2, -0.15) is 0 Å². The van der Waals surface area contributed by atoms with Gasteiger partial charge >= 0.3 is 0 Å². The quantitative estimate of drug-likeness (QED) is 0.712.